The first-order valence-electron chi connectivity index (χ1n) is 8.06. The largest absolute Gasteiger partial charge is 0.492 e. The van der Waals surface area contributed by atoms with E-state index in [9.17, 15) is 4.79 Å². The molecule has 114 valence electrons. The van der Waals surface area contributed by atoms with Crippen molar-refractivity contribution < 1.29 is 9.53 Å². The number of carbonyl (C=O) groups is 1. The third-order valence-corrected chi connectivity index (χ3v) is 4.38. The van der Waals surface area contributed by atoms with Crippen molar-refractivity contribution in [3.63, 3.8) is 0 Å². The van der Waals surface area contributed by atoms with Crippen molar-refractivity contribution in [3.05, 3.63) is 29.8 Å². The van der Waals surface area contributed by atoms with Gasteiger partial charge in [0, 0.05) is 25.6 Å². The molecule has 0 spiro atoms. The van der Waals surface area contributed by atoms with Crippen molar-refractivity contribution in [1.29, 1.82) is 0 Å². The topological polar surface area (TPSA) is 41.6 Å². The summed E-state index contributed by atoms with van der Waals surface area (Å²) in [7, 11) is 0. The van der Waals surface area contributed by atoms with Gasteiger partial charge in [-0.25, -0.2) is 0 Å². The molecule has 2 aliphatic rings. The van der Waals surface area contributed by atoms with Crippen LogP contribution in [0.25, 0.3) is 0 Å². The fourth-order valence-electron chi connectivity index (χ4n) is 3.13. The van der Waals surface area contributed by atoms with Crippen molar-refractivity contribution in [2.45, 2.75) is 25.7 Å². The fourth-order valence-corrected chi connectivity index (χ4v) is 3.13. The molecular weight excluding hydrogens is 264 g/mol. The summed E-state index contributed by atoms with van der Waals surface area (Å²) < 4.78 is 5.97. The van der Waals surface area contributed by atoms with Gasteiger partial charge in [0.2, 0.25) is 0 Å². The van der Waals surface area contributed by atoms with Crippen LogP contribution >= 0.6 is 0 Å². The van der Waals surface area contributed by atoms with Gasteiger partial charge in [-0.2, -0.15) is 0 Å². The predicted molar refractivity (Wildman–Crippen MR) is 82.7 cm³/mol. The van der Waals surface area contributed by atoms with Gasteiger partial charge in [0.1, 0.15) is 5.75 Å². The standard InChI is InChI=1S/C17H24N2O2/c20-17(19-10-3-4-11-19)15-7-1-2-8-16(15)21-13-14-6-5-9-18-12-14/h1-2,7-8,14,18H,3-6,9-13H2. The lowest BCUT2D eigenvalue weighted by atomic mass is 10.0. The Labute approximate surface area is 126 Å². The zero-order chi connectivity index (χ0) is 14.5. The van der Waals surface area contributed by atoms with Crippen LogP contribution in [0.4, 0.5) is 0 Å². The van der Waals surface area contributed by atoms with Crippen molar-refractivity contribution >= 4 is 5.91 Å². The molecule has 2 heterocycles. The number of hydrogen-bond donors (Lipinski definition) is 1. The molecule has 1 aromatic carbocycles. The Morgan fingerprint density at radius 1 is 1.24 bits per heavy atom. The van der Waals surface area contributed by atoms with E-state index in [2.05, 4.69) is 5.32 Å². The molecule has 2 aliphatic heterocycles. The highest BCUT2D eigenvalue weighted by Crippen LogP contribution is 2.23. The third-order valence-electron chi connectivity index (χ3n) is 4.38. The lowest BCUT2D eigenvalue weighted by molar-refractivity contribution is 0.0787. The summed E-state index contributed by atoms with van der Waals surface area (Å²) in [6.07, 6.45) is 4.64. The van der Waals surface area contributed by atoms with Crippen molar-refractivity contribution in [1.82, 2.24) is 10.2 Å². The number of nitrogens with zero attached hydrogens (tertiary/aromatic N) is 1. The van der Waals surface area contributed by atoms with E-state index in [4.69, 9.17) is 4.74 Å². The molecule has 0 saturated carbocycles. The summed E-state index contributed by atoms with van der Waals surface area (Å²) in [4.78, 5) is 14.5. The SMILES string of the molecule is O=C(c1ccccc1OCC1CCCNC1)N1CCCC1. The van der Waals surface area contributed by atoms with Gasteiger partial charge in [0.05, 0.1) is 12.2 Å². The molecule has 4 heteroatoms. The molecule has 1 unspecified atom stereocenters. The van der Waals surface area contributed by atoms with Gasteiger partial charge in [-0.05, 0) is 44.4 Å². The average molecular weight is 288 g/mol. The Morgan fingerprint density at radius 2 is 2.05 bits per heavy atom. The minimum atomic E-state index is 0.116. The lowest BCUT2D eigenvalue weighted by Gasteiger charge is -2.24. The Hall–Kier alpha value is -1.55. The van der Waals surface area contributed by atoms with Crippen molar-refractivity contribution in [3.8, 4) is 5.75 Å². The first-order chi connectivity index (χ1) is 10.3. The highest BCUT2D eigenvalue weighted by Gasteiger charge is 2.22. The summed E-state index contributed by atoms with van der Waals surface area (Å²) in [6.45, 7) is 4.57. The average Bonchev–Trinajstić information content (AvgIpc) is 3.08. The molecule has 2 saturated heterocycles. The summed E-state index contributed by atoms with van der Waals surface area (Å²) >= 11 is 0. The van der Waals surface area contributed by atoms with E-state index < -0.39 is 0 Å². The van der Waals surface area contributed by atoms with Crippen LogP contribution in [0.3, 0.4) is 0 Å². The molecule has 1 amide bonds. The summed E-state index contributed by atoms with van der Waals surface area (Å²) in [6, 6.07) is 7.65. The summed E-state index contributed by atoms with van der Waals surface area (Å²) in [5.74, 6) is 1.40. The number of benzene rings is 1. The van der Waals surface area contributed by atoms with Crippen molar-refractivity contribution in [2.75, 3.05) is 32.8 Å². The number of amides is 1. The molecular formula is C17H24N2O2. The van der Waals surface area contributed by atoms with Gasteiger partial charge in [0.25, 0.3) is 5.91 Å². The van der Waals surface area contributed by atoms with Crippen LogP contribution in [-0.2, 0) is 0 Å². The number of piperidine rings is 1. The van der Waals surface area contributed by atoms with E-state index in [1.807, 2.05) is 29.2 Å². The van der Waals surface area contributed by atoms with Crippen LogP contribution in [0.2, 0.25) is 0 Å². The normalized spacial score (nSPS) is 22.3. The van der Waals surface area contributed by atoms with Crippen LogP contribution < -0.4 is 10.1 Å². The molecule has 0 aliphatic carbocycles. The Balaban J connectivity index is 1.65. The Morgan fingerprint density at radius 3 is 2.81 bits per heavy atom. The maximum absolute atomic E-state index is 12.6. The second-order valence-electron chi connectivity index (χ2n) is 6.02. The molecule has 21 heavy (non-hydrogen) atoms. The second kappa shape index (κ2) is 6.94. The van der Waals surface area contributed by atoms with Gasteiger partial charge in [-0.3, -0.25) is 4.79 Å². The van der Waals surface area contributed by atoms with Crippen LogP contribution in [0.5, 0.6) is 5.75 Å². The van der Waals surface area contributed by atoms with E-state index in [1.165, 1.54) is 12.8 Å². The highest BCUT2D eigenvalue weighted by molar-refractivity contribution is 5.97. The maximum Gasteiger partial charge on any atom is 0.257 e. The molecule has 0 bridgehead atoms. The van der Waals surface area contributed by atoms with E-state index >= 15 is 0 Å². The smallest absolute Gasteiger partial charge is 0.257 e. The number of carbonyl (C=O) groups excluding carboxylic acids is 1. The number of hydrogen-bond acceptors (Lipinski definition) is 3. The fraction of sp³-hybridized carbons (Fsp3) is 0.588. The lowest BCUT2D eigenvalue weighted by Crippen LogP contribution is -2.33. The van der Waals surface area contributed by atoms with E-state index in [1.54, 1.807) is 0 Å². The Bertz CT molecular complexity index is 477. The minimum Gasteiger partial charge on any atom is -0.492 e. The van der Waals surface area contributed by atoms with Gasteiger partial charge >= 0.3 is 0 Å². The quantitative estimate of drug-likeness (QED) is 0.924. The zero-order valence-corrected chi connectivity index (χ0v) is 12.5. The molecule has 1 aromatic rings. The van der Waals surface area contributed by atoms with Crippen LogP contribution in [0.15, 0.2) is 24.3 Å². The number of rotatable bonds is 4. The molecule has 3 rings (SSSR count). The van der Waals surface area contributed by atoms with Crippen LogP contribution in [-0.4, -0.2) is 43.6 Å². The number of ether oxygens (including phenoxy) is 1. The molecule has 1 atom stereocenters. The molecule has 0 radical (unpaired) electrons. The number of nitrogens with one attached hydrogen (secondary N) is 1. The minimum absolute atomic E-state index is 0.116. The second-order valence-corrected chi connectivity index (χ2v) is 6.02. The molecule has 1 N–H and O–H groups in total. The molecule has 2 fully saturated rings. The monoisotopic (exact) mass is 288 g/mol. The Kier molecular flexibility index (Phi) is 4.76. The first-order valence-corrected chi connectivity index (χ1v) is 8.06. The van der Waals surface area contributed by atoms with Crippen molar-refractivity contribution in [2.24, 2.45) is 5.92 Å². The molecule has 0 aromatic heterocycles. The number of para-hydroxylation sites is 1. The van der Waals surface area contributed by atoms with Gasteiger partial charge < -0.3 is 15.0 Å². The van der Waals surface area contributed by atoms with Gasteiger partial charge in [-0.15, -0.1) is 0 Å². The molecule has 4 nitrogen and oxygen atoms in total. The summed E-state index contributed by atoms with van der Waals surface area (Å²) in [5.41, 5.74) is 0.711. The number of likely N-dealkylation sites (tertiary alicyclic amines) is 1. The van der Waals surface area contributed by atoms with Crippen LogP contribution in [0, 0.1) is 5.92 Å². The van der Waals surface area contributed by atoms with E-state index in [-0.39, 0.29) is 5.91 Å². The van der Waals surface area contributed by atoms with E-state index in [0.29, 0.717) is 18.1 Å². The van der Waals surface area contributed by atoms with Gasteiger partial charge in [-0.1, -0.05) is 12.1 Å². The third kappa shape index (κ3) is 3.56. The van der Waals surface area contributed by atoms with Gasteiger partial charge in [0.15, 0.2) is 0 Å². The zero-order valence-electron chi connectivity index (χ0n) is 12.5. The highest BCUT2D eigenvalue weighted by atomic mass is 16.5. The van der Waals surface area contributed by atoms with Crippen LogP contribution in [0.1, 0.15) is 36.0 Å². The summed E-state index contributed by atoms with van der Waals surface area (Å²) in [5, 5.41) is 3.40. The predicted octanol–water partition coefficient (Wildman–Crippen LogP) is 2.30. The van der Waals surface area contributed by atoms with E-state index in [0.717, 1.165) is 44.8 Å². The maximum atomic E-state index is 12.6. The first kappa shape index (κ1) is 14.4.